The van der Waals surface area contributed by atoms with Gasteiger partial charge in [-0.3, -0.25) is 4.99 Å². The van der Waals surface area contributed by atoms with Crippen molar-refractivity contribution in [1.29, 1.82) is 0 Å². The van der Waals surface area contributed by atoms with Gasteiger partial charge in [-0.1, -0.05) is 6.92 Å². The van der Waals surface area contributed by atoms with Crippen molar-refractivity contribution in [2.24, 2.45) is 4.99 Å². The quantitative estimate of drug-likeness (QED) is 0.667. The van der Waals surface area contributed by atoms with Gasteiger partial charge in [-0.2, -0.15) is 11.8 Å². The van der Waals surface area contributed by atoms with Gasteiger partial charge in [0.05, 0.1) is 7.11 Å². The standard InChI is InChI=1S/C20H19F3N2OS/c1-3-27-11-13-6-15(22)8-16(7-13)25-10-18(23)20(24-12-25)17-5-4-14(21)9-19(17)26-2/h4-10H,3,11-12H2,1-2H3. The van der Waals surface area contributed by atoms with Crippen molar-refractivity contribution in [1.82, 2.24) is 0 Å². The number of allylic oxidation sites excluding steroid dienone is 1. The Bertz CT molecular complexity index is 899. The highest BCUT2D eigenvalue weighted by atomic mass is 32.2. The fourth-order valence-electron chi connectivity index (χ4n) is 2.79. The van der Waals surface area contributed by atoms with E-state index in [1.165, 1.54) is 48.5 Å². The van der Waals surface area contributed by atoms with Crippen LogP contribution >= 0.6 is 11.8 Å². The number of anilines is 1. The van der Waals surface area contributed by atoms with Crippen molar-refractivity contribution in [3.05, 3.63) is 71.2 Å². The number of rotatable bonds is 6. The molecule has 27 heavy (non-hydrogen) atoms. The molecule has 0 saturated heterocycles. The normalized spacial score (nSPS) is 14.0. The first-order valence-corrected chi connectivity index (χ1v) is 9.57. The maximum atomic E-state index is 14.7. The van der Waals surface area contributed by atoms with Gasteiger partial charge in [0.1, 0.15) is 29.8 Å². The zero-order valence-electron chi connectivity index (χ0n) is 15.0. The molecule has 1 aliphatic heterocycles. The summed E-state index contributed by atoms with van der Waals surface area (Å²) in [6.45, 7) is 2.15. The second-order valence-electron chi connectivity index (χ2n) is 5.89. The number of ether oxygens (including phenoxy) is 1. The molecule has 1 heterocycles. The molecule has 3 nitrogen and oxygen atoms in total. The van der Waals surface area contributed by atoms with Crippen LogP contribution in [-0.2, 0) is 5.75 Å². The van der Waals surface area contributed by atoms with Crippen LogP contribution in [0.5, 0.6) is 5.75 Å². The average Bonchev–Trinajstić information content (AvgIpc) is 2.66. The molecule has 0 fully saturated rings. The van der Waals surface area contributed by atoms with E-state index in [9.17, 15) is 13.2 Å². The van der Waals surface area contributed by atoms with Gasteiger partial charge in [-0.25, -0.2) is 13.2 Å². The molecule has 7 heteroatoms. The van der Waals surface area contributed by atoms with Crippen LogP contribution < -0.4 is 9.64 Å². The van der Waals surface area contributed by atoms with E-state index < -0.39 is 11.6 Å². The molecule has 0 aromatic heterocycles. The number of thioether (sulfide) groups is 1. The summed E-state index contributed by atoms with van der Waals surface area (Å²) in [5.41, 5.74) is 1.82. The predicted octanol–water partition coefficient (Wildman–Crippen LogP) is 5.30. The third-order valence-corrected chi connectivity index (χ3v) is 4.99. The van der Waals surface area contributed by atoms with E-state index in [4.69, 9.17) is 4.74 Å². The predicted molar refractivity (Wildman–Crippen MR) is 104 cm³/mol. The van der Waals surface area contributed by atoms with Crippen LogP contribution in [0.2, 0.25) is 0 Å². The summed E-state index contributed by atoms with van der Waals surface area (Å²) in [6.07, 6.45) is 1.27. The Morgan fingerprint density at radius 2 is 1.93 bits per heavy atom. The summed E-state index contributed by atoms with van der Waals surface area (Å²) in [7, 11) is 1.39. The van der Waals surface area contributed by atoms with Crippen molar-refractivity contribution < 1.29 is 17.9 Å². The molecule has 142 valence electrons. The number of hydrogen-bond donors (Lipinski definition) is 0. The van der Waals surface area contributed by atoms with E-state index in [0.717, 1.165) is 11.3 Å². The maximum absolute atomic E-state index is 14.7. The second-order valence-corrected chi connectivity index (χ2v) is 7.17. The van der Waals surface area contributed by atoms with Crippen LogP contribution in [0.25, 0.3) is 0 Å². The molecule has 3 rings (SSSR count). The Labute approximate surface area is 160 Å². The lowest BCUT2D eigenvalue weighted by molar-refractivity contribution is 0.410. The Kier molecular flexibility index (Phi) is 6.11. The van der Waals surface area contributed by atoms with Gasteiger partial charge >= 0.3 is 0 Å². The highest BCUT2D eigenvalue weighted by Gasteiger charge is 2.21. The molecule has 1 aliphatic rings. The molecule has 0 atom stereocenters. The molecule has 0 bridgehead atoms. The molecule has 2 aromatic carbocycles. The summed E-state index contributed by atoms with van der Waals surface area (Å²) in [4.78, 5) is 5.81. The van der Waals surface area contributed by atoms with E-state index in [1.54, 1.807) is 11.8 Å². The molecule has 0 aliphatic carbocycles. The van der Waals surface area contributed by atoms with Crippen LogP contribution in [0, 0.1) is 11.6 Å². The molecule has 0 radical (unpaired) electrons. The van der Waals surface area contributed by atoms with E-state index >= 15 is 0 Å². The smallest absolute Gasteiger partial charge is 0.165 e. The first kappa shape index (κ1) is 19.4. The van der Waals surface area contributed by atoms with Crippen molar-refractivity contribution in [3.8, 4) is 5.75 Å². The van der Waals surface area contributed by atoms with Gasteiger partial charge in [-0.15, -0.1) is 0 Å². The zero-order valence-corrected chi connectivity index (χ0v) is 15.8. The van der Waals surface area contributed by atoms with E-state index in [1.807, 2.05) is 13.0 Å². The van der Waals surface area contributed by atoms with Crippen LogP contribution in [0.4, 0.5) is 18.9 Å². The molecule has 2 aromatic rings. The summed E-state index contributed by atoms with van der Waals surface area (Å²) in [6, 6.07) is 8.50. The monoisotopic (exact) mass is 392 g/mol. The van der Waals surface area contributed by atoms with Gasteiger partial charge in [-0.05, 0) is 41.6 Å². The number of hydrogen-bond acceptors (Lipinski definition) is 4. The highest BCUT2D eigenvalue weighted by Crippen LogP contribution is 2.29. The molecule has 0 saturated carbocycles. The van der Waals surface area contributed by atoms with Crippen LogP contribution in [0.15, 0.2) is 53.4 Å². The minimum atomic E-state index is -0.597. The maximum Gasteiger partial charge on any atom is 0.165 e. The van der Waals surface area contributed by atoms with Crippen molar-refractivity contribution in [3.63, 3.8) is 0 Å². The first-order valence-electron chi connectivity index (χ1n) is 8.41. The minimum Gasteiger partial charge on any atom is -0.496 e. The minimum absolute atomic E-state index is 0.0845. The van der Waals surface area contributed by atoms with Crippen LogP contribution in [0.3, 0.4) is 0 Å². The number of nitrogens with zero attached hydrogens (tertiary/aromatic N) is 2. The van der Waals surface area contributed by atoms with Gasteiger partial charge < -0.3 is 9.64 Å². The molecule has 0 spiro atoms. The molecular weight excluding hydrogens is 373 g/mol. The van der Waals surface area contributed by atoms with Crippen LogP contribution in [-0.4, -0.2) is 25.2 Å². The highest BCUT2D eigenvalue weighted by molar-refractivity contribution is 7.98. The van der Waals surface area contributed by atoms with Crippen molar-refractivity contribution in [2.45, 2.75) is 12.7 Å². The Morgan fingerprint density at radius 1 is 1.11 bits per heavy atom. The fraction of sp³-hybridized carbons (Fsp3) is 0.250. The summed E-state index contributed by atoms with van der Waals surface area (Å²) in [5.74, 6) is 0.369. The lowest BCUT2D eigenvalue weighted by Gasteiger charge is -2.24. The summed E-state index contributed by atoms with van der Waals surface area (Å²) in [5, 5.41) is 0. The molecular formula is C20H19F3N2OS. The molecule has 0 unspecified atom stereocenters. The Hall–Kier alpha value is -2.41. The lowest BCUT2D eigenvalue weighted by atomic mass is 10.1. The van der Waals surface area contributed by atoms with E-state index in [2.05, 4.69) is 4.99 Å². The van der Waals surface area contributed by atoms with Crippen molar-refractivity contribution in [2.75, 3.05) is 24.4 Å². The van der Waals surface area contributed by atoms with Gasteiger partial charge in [0.25, 0.3) is 0 Å². The number of aliphatic imine (C=N–C) groups is 1. The fourth-order valence-corrected chi connectivity index (χ4v) is 3.40. The number of methoxy groups -OCH3 is 1. The first-order chi connectivity index (χ1) is 13.0. The third kappa shape index (κ3) is 4.47. The van der Waals surface area contributed by atoms with Gasteiger partial charge in [0.15, 0.2) is 5.83 Å². The average molecular weight is 392 g/mol. The number of halogens is 3. The molecule has 0 amide bonds. The summed E-state index contributed by atoms with van der Waals surface area (Å²) < 4.78 is 47.2. The lowest BCUT2D eigenvalue weighted by Crippen LogP contribution is -2.24. The number of benzene rings is 2. The Morgan fingerprint density at radius 3 is 2.63 bits per heavy atom. The third-order valence-electron chi connectivity index (χ3n) is 4.04. The second kappa shape index (κ2) is 8.52. The van der Waals surface area contributed by atoms with Gasteiger partial charge in [0, 0.05) is 29.3 Å². The Balaban J connectivity index is 1.87. The van der Waals surface area contributed by atoms with Crippen molar-refractivity contribution >= 4 is 23.2 Å². The largest absolute Gasteiger partial charge is 0.496 e. The van der Waals surface area contributed by atoms with E-state index in [0.29, 0.717) is 17.0 Å². The van der Waals surface area contributed by atoms with Crippen LogP contribution in [0.1, 0.15) is 18.1 Å². The zero-order chi connectivity index (χ0) is 19.4. The summed E-state index contributed by atoms with van der Waals surface area (Å²) >= 11 is 1.68. The topological polar surface area (TPSA) is 24.8 Å². The SMILES string of the molecule is CCSCc1cc(F)cc(N2C=C(F)C(c3ccc(F)cc3OC)=NC2)c1. The van der Waals surface area contributed by atoms with Gasteiger partial charge in [0.2, 0.25) is 0 Å². The van der Waals surface area contributed by atoms with E-state index in [-0.39, 0.29) is 23.9 Å². The molecule has 0 N–H and O–H groups in total.